The highest BCUT2D eigenvalue weighted by atomic mass is 32.1. The molecule has 3 aromatic carbocycles. The second-order valence-electron chi connectivity index (χ2n) is 8.08. The summed E-state index contributed by atoms with van der Waals surface area (Å²) in [7, 11) is 0. The molecule has 0 fully saturated rings. The maximum Gasteiger partial charge on any atom is 0.251 e. The number of thiazole rings is 1. The van der Waals surface area contributed by atoms with Gasteiger partial charge in [0.1, 0.15) is 0 Å². The van der Waals surface area contributed by atoms with Crippen molar-refractivity contribution in [1.82, 2.24) is 10.3 Å². The minimum Gasteiger partial charge on any atom is -0.490 e. The molecule has 4 aromatic rings. The fourth-order valence-corrected chi connectivity index (χ4v) is 4.78. The Bertz CT molecular complexity index is 1340. The molecule has 0 spiro atoms. The molecule has 0 saturated heterocycles. The van der Waals surface area contributed by atoms with E-state index < -0.39 is 0 Å². The van der Waals surface area contributed by atoms with Crippen molar-refractivity contribution in [3.8, 4) is 22.8 Å². The fourth-order valence-electron chi connectivity index (χ4n) is 3.75. The lowest BCUT2D eigenvalue weighted by molar-refractivity contribution is -0.115. The van der Waals surface area contributed by atoms with Gasteiger partial charge < -0.3 is 20.1 Å². The molecule has 0 radical (unpaired) electrons. The molecule has 0 aliphatic carbocycles. The van der Waals surface area contributed by atoms with Gasteiger partial charge >= 0.3 is 0 Å². The van der Waals surface area contributed by atoms with Gasteiger partial charge in [0.05, 0.1) is 25.5 Å². The second kappa shape index (κ2) is 12.7. The third kappa shape index (κ3) is 6.95. The van der Waals surface area contributed by atoms with E-state index in [1.807, 2.05) is 62.4 Å². The summed E-state index contributed by atoms with van der Waals surface area (Å²) < 4.78 is 11.1. The minimum absolute atomic E-state index is 0.190. The molecule has 1 heterocycles. The molecule has 0 saturated carbocycles. The fraction of sp³-hybridized carbons (Fsp3) is 0.207. The number of hydrogen-bond donors (Lipinski definition) is 2. The summed E-state index contributed by atoms with van der Waals surface area (Å²) in [6, 6.07) is 25.0. The van der Waals surface area contributed by atoms with Crippen LogP contribution in [0.25, 0.3) is 11.3 Å². The number of carbonyl (C=O) groups is 2. The first kappa shape index (κ1) is 25.9. The van der Waals surface area contributed by atoms with E-state index in [9.17, 15) is 9.59 Å². The van der Waals surface area contributed by atoms with E-state index in [1.165, 1.54) is 11.3 Å². The Labute approximate surface area is 220 Å². The average molecular weight is 516 g/mol. The lowest BCUT2D eigenvalue weighted by atomic mass is 10.1. The first-order valence-electron chi connectivity index (χ1n) is 12.1. The number of carbonyl (C=O) groups excluding carboxylic acids is 2. The Morgan fingerprint density at radius 3 is 2.24 bits per heavy atom. The summed E-state index contributed by atoms with van der Waals surface area (Å²) in [4.78, 5) is 31.1. The van der Waals surface area contributed by atoms with Crippen molar-refractivity contribution in [3.63, 3.8) is 0 Å². The predicted molar refractivity (Wildman–Crippen MR) is 147 cm³/mol. The lowest BCUT2D eigenvalue weighted by Crippen LogP contribution is -2.32. The van der Waals surface area contributed by atoms with Gasteiger partial charge in [-0.15, -0.1) is 11.3 Å². The van der Waals surface area contributed by atoms with E-state index in [0.29, 0.717) is 41.8 Å². The summed E-state index contributed by atoms with van der Waals surface area (Å²) in [5.74, 6) is 0.323. The second-order valence-corrected chi connectivity index (χ2v) is 9.16. The molecule has 7 nitrogen and oxygen atoms in total. The van der Waals surface area contributed by atoms with Crippen molar-refractivity contribution in [2.75, 3.05) is 25.1 Å². The molecule has 1 aromatic heterocycles. The number of amides is 2. The Hall–Kier alpha value is -4.17. The molecule has 2 N–H and O–H groups in total. The highest BCUT2D eigenvalue weighted by Crippen LogP contribution is 2.33. The number of ether oxygens (including phenoxy) is 2. The first-order chi connectivity index (χ1) is 18.1. The Balaban J connectivity index is 1.43. The van der Waals surface area contributed by atoms with E-state index in [2.05, 4.69) is 22.8 Å². The Morgan fingerprint density at radius 2 is 1.54 bits per heavy atom. The summed E-state index contributed by atoms with van der Waals surface area (Å²) in [5, 5.41) is 5.98. The molecule has 0 aliphatic rings. The van der Waals surface area contributed by atoms with Crippen LogP contribution in [0.3, 0.4) is 0 Å². The van der Waals surface area contributed by atoms with E-state index in [4.69, 9.17) is 14.5 Å². The van der Waals surface area contributed by atoms with Gasteiger partial charge in [-0.05, 0) is 37.6 Å². The smallest absolute Gasteiger partial charge is 0.251 e. The quantitative estimate of drug-likeness (QED) is 0.273. The molecule has 0 atom stereocenters. The van der Waals surface area contributed by atoms with Gasteiger partial charge in [0.25, 0.3) is 5.91 Å². The number of aromatic nitrogens is 1. The Morgan fingerprint density at radius 1 is 0.865 bits per heavy atom. The molecule has 0 aliphatic heterocycles. The summed E-state index contributed by atoms with van der Waals surface area (Å²) >= 11 is 1.44. The van der Waals surface area contributed by atoms with Crippen LogP contribution >= 0.6 is 11.3 Å². The lowest BCUT2D eigenvalue weighted by Gasteiger charge is -2.12. The zero-order valence-electron chi connectivity index (χ0n) is 20.8. The van der Waals surface area contributed by atoms with Crippen LogP contribution in [0.4, 0.5) is 5.13 Å². The summed E-state index contributed by atoms with van der Waals surface area (Å²) in [5.41, 5.74) is 3.37. The number of nitrogens with zero attached hydrogens (tertiary/aromatic N) is 1. The van der Waals surface area contributed by atoms with Crippen LogP contribution in [-0.2, 0) is 11.2 Å². The number of nitrogens with one attached hydrogen (secondary N) is 2. The van der Waals surface area contributed by atoms with Crippen LogP contribution in [0, 0.1) is 0 Å². The molecule has 4 rings (SSSR count). The highest BCUT2D eigenvalue weighted by Gasteiger charge is 2.17. The molecule has 0 unspecified atom stereocenters. The molecule has 0 bridgehead atoms. The normalized spacial score (nSPS) is 10.5. The number of benzene rings is 3. The van der Waals surface area contributed by atoms with Gasteiger partial charge in [-0.2, -0.15) is 0 Å². The van der Waals surface area contributed by atoms with Crippen LogP contribution in [0.5, 0.6) is 11.5 Å². The molecular formula is C29H29N3O4S. The van der Waals surface area contributed by atoms with Crippen molar-refractivity contribution < 1.29 is 19.1 Å². The zero-order chi connectivity index (χ0) is 26.0. The van der Waals surface area contributed by atoms with Gasteiger partial charge in [-0.25, -0.2) is 4.98 Å². The van der Waals surface area contributed by atoms with Gasteiger partial charge in [0.15, 0.2) is 16.6 Å². The van der Waals surface area contributed by atoms with Gasteiger partial charge in [-0.3, -0.25) is 9.59 Å². The third-order valence-electron chi connectivity index (χ3n) is 5.41. The maximum absolute atomic E-state index is 12.7. The van der Waals surface area contributed by atoms with Crippen molar-refractivity contribution in [1.29, 1.82) is 0 Å². The van der Waals surface area contributed by atoms with E-state index in [0.717, 1.165) is 21.7 Å². The molecule has 37 heavy (non-hydrogen) atoms. The van der Waals surface area contributed by atoms with Crippen LogP contribution < -0.4 is 20.1 Å². The van der Waals surface area contributed by atoms with Crippen molar-refractivity contribution in [2.24, 2.45) is 0 Å². The van der Waals surface area contributed by atoms with Crippen LogP contribution in [0.15, 0.2) is 78.9 Å². The molecular weight excluding hydrogens is 486 g/mol. The largest absolute Gasteiger partial charge is 0.490 e. The number of anilines is 1. The summed E-state index contributed by atoms with van der Waals surface area (Å²) in [6.45, 7) is 4.48. The summed E-state index contributed by atoms with van der Waals surface area (Å²) in [6.07, 6.45) is 0.704. The monoisotopic (exact) mass is 515 g/mol. The molecule has 2 amide bonds. The van der Waals surface area contributed by atoms with E-state index in [-0.39, 0.29) is 18.4 Å². The van der Waals surface area contributed by atoms with E-state index >= 15 is 0 Å². The minimum atomic E-state index is -0.381. The predicted octanol–water partition coefficient (Wildman–Crippen LogP) is 5.57. The van der Waals surface area contributed by atoms with E-state index in [1.54, 1.807) is 18.2 Å². The Kier molecular flexibility index (Phi) is 8.89. The number of hydrogen-bond acceptors (Lipinski definition) is 6. The topological polar surface area (TPSA) is 89.5 Å². The van der Waals surface area contributed by atoms with Crippen LogP contribution in [-0.4, -0.2) is 36.6 Å². The molecule has 8 heteroatoms. The van der Waals surface area contributed by atoms with Crippen LogP contribution in [0.1, 0.15) is 34.6 Å². The third-order valence-corrected chi connectivity index (χ3v) is 6.38. The standard InChI is InChI=1S/C29H29N3O4S/c1-3-35-23-16-15-22(18-24(23)36-4-2)28(34)30-19-26(33)31-29-32-27(21-13-9-6-10-14-21)25(37-29)17-20-11-7-5-8-12-20/h5-16,18H,3-4,17,19H2,1-2H3,(H,30,34)(H,31,32,33). The van der Waals surface area contributed by atoms with Crippen molar-refractivity contribution in [2.45, 2.75) is 20.3 Å². The van der Waals surface area contributed by atoms with Crippen LogP contribution in [0.2, 0.25) is 0 Å². The zero-order valence-corrected chi connectivity index (χ0v) is 21.6. The van der Waals surface area contributed by atoms with Gasteiger partial charge in [-0.1, -0.05) is 60.7 Å². The van der Waals surface area contributed by atoms with Gasteiger partial charge in [0.2, 0.25) is 5.91 Å². The average Bonchev–Trinajstić information content (AvgIpc) is 3.31. The molecule has 190 valence electrons. The number of rotatable bonds is 11. The van der Waals surface area contributed by atoms with Crippen molar-refractivity contribution in [3.05, 3.63) is 94.9 Å². The highest BCUT2D eigenvalue weighted by molar-refractivity contribution is 7.16. The van der Waals surface area contributed by atoms with Crippen molar-refractivity contribution >= 4 is 28.3 Å². The maximum atomic E-state index is 12.7. The van der Waals surface area contributed by atoms with Gasteiger partial charge in [0, 0.05) is 22.4 Å². The SMILES string of the molecule is CCOc1ccc(C(=O)NCC(=O)Nc2nc(-c3ccccc3)c(Cc3ccccc3)s2)cc1OCC. The first-order valence-corrected chi connectivity index (χ1v) is 13.0.